The summed E-state index contributed by atoms with van der Waals surface area (Å²) in [6, 6.07) is 1.98. The van der Waals surface area contributed by atoms with Crippen molar-refractivity contribution in [1.82, 2.24) is 9.71 Å². The molecule has 1 aromatic carbocycles. The van der Waals surface area contributed by atoms with Crippen LogP contribution in [0.3, 0.4) is 0 Å². The van der Waals surface area contributed by atoms with Crippen molar-refractivity contribution in [2.75, 3.05) is 0 Å². The molecule has 0 spiro atoms. The summed E-state index contributed by atoms with van der Waals surface area (Å²) < 4.78 is 1.14. The topological polar surface area (TPSA) is 105 Å². The fourth-order valence-corrected chi connectivity index (χ4v) is 1.33. The molecular formula is C11H10N2O5. The summed E-state index contributed by atoms with van der Waals surface area (Å²) in [5.41, 5.74) is -0.101. The number of imidazole rings is 1. The molecule has 0 aliphatic heterocycles. The molecule has 3 N–H and O–H groups in total. The second-order valence-corrected chi connectivity index (χ2v) is 3.54. The van der Waals surface area contributed by atoms with Crippen LogP contribution in [0.15, 0.2) is 24.5 Å². The Morgan fingerprint density at radius 1 is 1.28 bits per heavy atom. The predicted molar refractivity (Wildman–Crippen MR) is 59.3 cm³/mol. The molecule has 7 nitrogen and oxygen atoms in total. The van der Waals surface area contributed by atoms with Crippen LogP contribution in [0.2, 0.25) is 0 Å². The van der Waals surface area contributed by atoms with Crippen molar-refractivity contribution in [2.45, 2.75) is 6.92 Å². The smallest absolute Gasteiger partial charge is 0.363 e. The first-order chi connectivity index (χ1) is 8.49. The lowest BCUT2D eigenvalue weighted by Gasteiger charge is -2.07. The van der Waals surface area contributed by atoms with Gasteiger partial charge in [-0.2, -0.15) is 4.73 Å². The zero-order chi connectivity index (χ0) is 13.3. The number of aromatic nitrogens is 2. The number of benzene rings is 1. The Kier molecular flexibility index (Phi) is 2.80. The van der Waals surface area contributed by atoms with E-state index < -0.39 is 23.2 Å². The van der Waals surface area contributed by atoms with Gasteiger partial charge in [-0.05, 0) is 19.1 Å². The van der Waals surface area contributed by atoms with E-state index in [0.717, 1.165) is 16.9 Å². The summed E-state index contributed by atoms with van der Waals surface area (Å²) in [4.78, 5) is 20.5. The Morgan fingerprint density at radius 3 is 2.39 bits per heavy atom. The predicted octanol–water partition coefficient (Wildman–Crippen LogP) is 0.577. The molecule has 0 radical (unpaired) electrons. The molecule has 0 fully saturated rings. The van der Waals surface area contributed by atoms with Crippen LogP contribution >= 0.6 is 0 Å². The fourth-order valence-electron chi connectivity index (χ4n) is 1.33. The zero-order valence-corrected chi connectivity index (χ0v) is 9.36. The van der Waals surface area contributed by atoms with Gasteiger partial charge in [0.05, 0.1) is 11.8 Å². The van der Waals surface area contributed by atoms with Crippen molar-refractivity contribution in [1.29, 1.82) is 0 Å². The lowest BCUT2D eigenvalue weighted by Crippen LogP contribution is -2.20. The lowest BCUT2D eigenvalue weighted by atomic mass is 10.2. The highest BCUT2D eigenvalue weighted by Gasteiger charge is 2.15. The van der Waals surface area contributed by atoms with Gasteiger partial charge in [-0.15, -0.1) is 0 Å². The SMILES string of the molecule is Cc1nccn1OC(=O)c1cc(O)c(O)c(O)c1. The van der Waals surface area contributed by atoms with Crippen LogP contribution in [0.4, 0.5) is 0 Å². The monoisotopic (exact) mass is 250 g/mol. The van der Waals surface area contributed by atoms with Gasteiger partial charge >= 0.3 is 5.97 Å². The number of phenolic OH excluding ortho intramolecular Hbond substituents is 3. The standard InChI is InChI=1S/C11H10N2O5/c1-6-12-2-3-13(6)18-11(17)7-4-8(14)10(16)9(15)5-7/h2-5,14-16H,1H3. The Labute approximate surface area is 101 Å². The Bertz CT molecular complexity index is 582. The molecule has 94 valence electrons. The first kappa shape index (κ1) is 11.8. The van der Waals surface area contributed by atoms with Crippen LogP contribution in [-0.4, -0.2) is 31.0 Å². The van der Waals surface area contributed by atoms with E-state index in [2.05, 4.69) is 4.98 Å². The van der Waals surface area contributed by atoms with Gasteiger partial charge in [-0.1, -0.05) is 0 Å². The summed E-state index contributed by atoms with van der Waals surface area (Å²) in [5, 5.41) is 27.7. The Balaban J connectivity index is 2.27. The van der Waals surface area contributed by atoms with E-state index in [1.165, 1.54) is 12.4 Å². The number of phenols is 3. The average Bonchev–Trinajstić information content (AvgIpc) is 2.71. The molecule has 1 heterocycles. The average molecular weight is 250 g/mol. The summed E-state index contributed by atoms with van der Waals surface area (Å²) in [6.45, 7) is 1.64. The molecule has 18 heavy (non-hydrogen) atoms. The minimum absolute atomic E-state index is 0.101. The third-order valence-corrected chi connectivity index (χ3v) is 2.27. The second kappa shape index (κ2) is 4.28. The molecule has 1 aromatic heterocycles. The minimum atomic E-state index is -0.804. The molecule has 0 unspecified atom stereocenters. The van der Waals surface area contributed by atoms with Crippen LogP contribution in [0.25, 0.3) is 0 Å². The molecule has 2 aromatic rings. The van der Waals surface area contributed by atoms with Crippen molar-refractivity contribution in [3.05, 3.63) is 35.9 Å². The van der Waals surface area contributed by atoms with Crippen molar-refractivity contribution in [3.8, 4) is 17.2 Å². The second-order valence-electron chi connectivity index (χ2n) is 3.54. The Hall–Kier alpha value is -2.70. The number of hydrogen-bond acceptors (Lipinski definition) is 6. The van der Waals surface area contributed by atoms with E-state index in [-0.39, 0.29) is 5.56 Å². The van der Waals surface area contributed by atoms with Crippen molar-refractivity contribution in [2.24, 2.45) is 0 Å². The number of nitrogens with zero attached hydrogens (tertiary/aromatic N) is 2. The van der Waals surface area contributed by atoms with Gasteiger partial charge in [-0.3, -0.25) is 0 Å². The van der Waals surface area contributed by atoms with Gasteiger partial charge in [-0.25, -0.2) is 9.78 Å². The molecule has 0 amide bonds. The number of carbonyl (C=O) groups excluding carboxylic acids is 1. The van der Waals surface area contributed by atoms with Crippen LogP contribution in [0.1, 0.15) is 16.2 Å². The van der Waals surface area contributed by atoms with Crippen LogP contribution in [-0.2, 0) is 0 Å². The van der Waals surface area contributed by atoms with E-state index in [9.17, 15) is 15.0 Å². The van der Waals surface area contributed by atoms with Crippen LogP contribution in [0.5, 0.6) is 17.2 Å². The van der Waals surface area contributed by atoms with Gasteiger partial charge in [0.25, 0.3) is 0 Å². The first-order valence-electron chi connectivity index (χ1n) is 4.96. The van der Waals surface area contributed by atoms with Crippen molar-refractivity contribution in [3.63, 3.8) is 0 Å². The summed E-state index contributed by atoms with van der Waals surface area (Å²) in [7, 11) is 0. The largest absolute Gasteiger partial charge is 0.504 e. The van der Waals surface area contributed by atoms with Gasteiger partial charge in [0.2, 0.25) is 0 Å². The fraction of sp³-hybridized carbons (Fsp3) is 0.0909. The third-order valence-electron chi connectivity index (χ3n) is 2.27. The first-order valence-corrected chi connectivity index (χ1v) is 4.96. The minimum Gasteiger partial charge on any atom is -0.504 e. The third kappa shape index (κ3) is 2.05. The highest BCUT2D eigenvalue weighted by Crippen LogP contribution is 2.35. The maximum absolute atomic E-state index is 11.7. The number of carbonyl (C=O) groups is 1. The molecular weight excluding hydrogens is 240 g/mol. The quantitative estimate of drug-likeness (QED) is 0.673. The van der Waals surface area contributed by atoms with E-state index >= 15 is 0 Å². The molecule has 0 saturated heterocycles. The molecule has 2 rings (SSSR count). The Morgan fingerprint density at radius 2 is 1.89 bits per heavy atom. The van der Waals surface area contributed by atoms with Crippen molar-refractivity contribution < 1.29 is 25.0 Å². The van der Waals surface area contributed by atoms with Gasteiger partial charge < -0.3 is 20.2 Å². The van der Waals surface area contributed by atoms with Crippen LogP contribution < -0.4 is 4.84 Å². The van der Waals surface area contributed by atoms with Crippen molar-refractivity contribution >= 4 is 5.97 Å². The summed E-state index contributed by atoms with van der Waals surface area (Å²) in [6.07, 6.45) is 2.89. The van der Waals surface area contributed by atoms with E-state index in [1.807, 2.05) is 0 Å². The summed E-state index contributed by atoms with van der Waals surface area (Å²) >= 11 is 0. The van der Waals surface area contributed by atoms with E-state index in [0.29, 0.717) is 5.82 Å². The molecule has 0 aliphatic rings. The maximum Gasteiger partial charge on any atom is 0.363 e. The number of aromatic hydroxyl groups is 3. The molecule has 0 saturated carbocycles. The molecule has 0 aliphatic carbocycles. The zero-order valence-electron chi connectivity index (χ0n) is 9.36. The number of hydrogen-bond donors (Lipinski definition) is 3. The number of aryl methyl sites for hydroxylation is 1. The molecule has 0 atom stereocenters. The van der Waals surface area contributed by atoms with E-state index in [4.69, 9.17) is 9.94 Å². The van der Waals surface area contributed by atoms with Gasteiger partial charge in [0.1, 0.15) is 5.82 Å². The normalized spacial score (nSPS) is 10.3. The van der Waals surface area contributed by atoms with Gasteiger partial charge in [0.15, 0.2) is 17.2 Å². The lowest BCUT2D eigenvalue weighted by molar-refractivity contribution is 0.0449. The maximum atomic E-state index is 11.7. The number of rotatable bonds is 2. The van der Waals surface area contributed by atoms with Crippen LogP contribution in [0, 0.1) is 6.92 Å². The highest BCUT2D eigenvalue weighted by molar-refractivity contribution is 5.91. The van der Waals surface area contributed by atoms with E-state index in [1.54, 1.807) is 6.92 Å². The summed E-state index contributed by atoms with van der Waals surface area (Å²) in [5.74, 6) is -2.24. The van der Waals surface area contributed by atoms with Gasteiger partial charge in [0, 0.05) is 6.20 Å². The highest BCUT2D eigenvalue weighted by atomic mass is 16.7. The molecule has 7 heteroatoms. The molecule has 0 bridgehead atoms.